The highest BCUT2D eigenvalue weighted by atomic mass is 32.2. The van der Waals surface area contributed by atoms with E-state index in [-0.39, 0.29) is 45.8 Å². The maximum atomic E-state index is 13.6. The van der Waals surface area contributed by atoms with Crippen LogP contribution in [0.15, 0.2) is 47.5 Å². The van der Waals surface area contributed by atoms with Crippen molar-refractivity contribution in [1.29, 1.82) is 0 Å². The number of fused-ring (bicyclic) bond motifs is 2. The van der Waals surface area contributed by atoms with E-state index in [9.17, 15) is 22.4 Å². The molecule has 12 heteroatoms. The number of alkyl halides is 3. The molecule has 1 spiro atoms. The van der Waals surface area contributed by atoms with Gasteiger partial charge in [-0.1, -0.05) is 12.1 Å². The van der Waals surface area contributed by atoms with Crippen molar-refractivity contribution in [2.75, 3.05) is 18.8 Å². The van der Waals surface area contributed by atoms with Crippen LogP contribution in [0.5, 0.6) is 0 Å². The van der Waals surface area contributed by atoms with Gasteiger partial charge in [0.25, 0.3) is 0 Å². The topological polar surface area (TPSA) is 89.1 Å². The lowest BCUT2D eigenvalue weighted by Crippen LogP contribution is -2.41. The Kier molecular flexibility index (Phi) is 6.09. The molecule has 2 unspecified atom stereocenters. The van der Waals surface area contributed by atoms with E-state index in [0.717, 1.165) is 18.5 Å². The Morgan fingerprint density at radius 3 is 2.75 bits per heavy atom. The van der Waals surface area contributed by atoms with Crippen molar-refractivity contribution in [3.8, 4) is 11.3 Å². The zero-order valence-corrected chi connectivity index (χ0v) is 20.2. The molecule has 4 heterocycles. The number of anilines is 1. The van der Waals surface area contributed by atoms with Gasteiger partial charge in [-0.15, -0.1) is 0 Å². The minimum Gasteiger partial charge on any atom is -0.383 e. The third-order valence-corrected chi connectivity index (χ3v) is 7.64. The van der Waals surface area contributed by atoms with Crippen molar-refractivity contribution < 1.29 is 22.4 Å². The quantitative estimate of drug-likeness (QED) is 0.369. The average molecular weight is 521 g/mol. The van der Waals surface area contributed by atoms with Gasteiger partial charge >= 0.3 is 11.5 Å². The van der Waals surface area contributed by atoms with E-state index in [2.05, 4.69) is 15.4 Å². The van der Waals surface area contributed by atoms with Crippen LogP contribution in [0.1, 0.15) is 37.1 Å². The number of benzene rings is 1. The molecule has 3 aromatic rings. The lowest BCUT2D eigenvalue weighted by molar-refractivity contribution is -0.0328. The lowest BCUT2D eigenvalue weighted by Gasteiger charge is -2.25. The van der Waals surface area contributed by atoms with Crippen LogP contribution in [0.25, 0.3) is 11.3 Å². The summed E-state index contributed by atoms with van der Waals surface area (Å²) in [7, 11) is 0. The van der Waals surface area contributed by atoms with Gasteiger partial charge in [0.1, 0.15) is 11.6 Å². The normalized spacial score (nSPS) is 20.1. The van der Waals surface area contributed by atoms with Crippen molar-refractivity contribution in [1.82, 2.24) is 25.0 Å². The maximum Gasteiger partial charge on any atom is 0.446 e. The van der Waals surface area contributed by atoms with E-state index in [1.54, 1.807) is 24.0 Å². The third kappa shape index (κ3) is 4.73. The van der Waals surface area contributed by atoms with Crippen molar-refractivity contribution in [3.05, 3.63) is 59.7 Å². The first-order valence-corrected chi connectivity index (χ1v) is 12.3. The van der Waals surface area contributed by atoms with Gasteiger partial charge in [0, 0.05) is 42.5 Å². The summed E-state index contributed by atoms with van der Waals surface area (Å²) in [5, 5.41) is 7.54. The number of likely N-dealkylation sites (tertiary alicyclic amines) is 1. The van der Waals surface area contributed by atoms with Crippen LogP contribution in [0.4, 0.5) is 28.2 Å². The van der Waals surface area contributed by atoms with Crippen LogP contribution < -0.4 is 11.1 Å². The standard InChI is InChI=1S/C24H24F4N6OS/c1-14(15-3-2-4-17(25)9-15)31-22(35)33-7-5-23(13-33)6-8-34-20(23)11-18(32-34)16-10-19(21(29)30-12-16)36-24(26,27)28/h2-4,9-12,14H,5-8,13H2,1H3,(H2,29,30)(H,31,35). The molecule has 1 saturated heterocycles. The lowest BCUT2D eigenvalue weighted by atomic mass is 9.82. The minimum atomic E-state index is -4.48. The van der Waals surface area contributed by atoms with Crippen LogP contribution in [0.2, 0.25) is 0 Å². The summed E-state index contributed by atoms with van der Waals surface area (Å²) < 4.78 is 54.1. The summed E-state index contributed by atoms with van der Waals surface area (Å²) in [6, 6.07) is 8.78. The van der Waals surface area contributed by atoms with Crippen molar-refractivity contribution in [2.45, 2.75) is 48.2 Å². The van der Waals surface area contributed by atoms with E-state index in [1.807, 2.05) is 10.7 Å². The van der Waals surface area contributed by atoms with E-state index in [0.29, 0.717) is 36.5 Å². The molecular weight excluding hydrogens is 496 g/mol. The van der Waals surface area contributed by atoms with Gasteiger partial charge < -0.3 is 16.0 Å². The fraction of sp³-hybridized carbons (Fsp3) is 0.375. The second kappa shape index (κ2) is 8.99. The fourth-order valence-corrected chi connectivity index (χ4v) is 5.59. The molecule has 0 aliphatic carbocycles. The van der Waals surface area contributed by atoms with Crippen molar-refractivity contribution in [2.24, 2.45) is 0 Å². The van der Waals surface area contributed by atoms with Crippen molar-refractivity contribution in [3.63, 3.8) is 0 Å². The molecule has 0 radical (unpaired) electrons. The van der Waals surface area contributed by atoms with Gasteiger partial charge in [-0.3, -0.25) is 4.68 Å². The number of aryl methyl sites for hydroxylation is 1. The molecule has 2 aliphatic rings. The number of hydrogen-bond donors (Lipinski definition) is 2. The summed E-state index contributed by atoms with van der Waals surface area (Å²) in [6.45, 7) is 3.51. The second-order valence-corrected chi connectivity index (χ2v) is 10.3. The van der Waals surface area contributed by atoms with E-state index >= 15 is 0 Å². The van der Waals surface area contributed by atoms with E-state index < -0.39 is 5.51 Å². The number of carbonyl (C=O) groups is 1. The number of nitrogens with zero attached hydrogens (tertiary/aromatic N) is 4. The smallest absolute Gasteiger partial charge is 0.383 e. The van der Waals surface area contributed by atoms with Gasteiger partial charge in [-0.05, 0) is 61.4 Å². The maximum absolute atomic E-state index is 13.6. The van der Waals surface area contributed by atoms with Gasteiger partial charge in [-0.2, -0.15) is 18.3 Å². The number of amides is 2. The molecule has 2 aromatic heterocycles. The fourth-order valence-electron chi connectivity index (χ4n) is 5.00. The largest absolute Gasteiger partial charge is 0.446 e. The average Bonchev–Trinajstić information content (AvgIpc) is 3.51. The molecule has 2 atom stereocenters. The molecule has 0 bridgehead atoms. The predicted octanol–water partition coefficient (Wildman–Crippen LogP) is 5.10. The minimum absolute atomic E-state index is 0.168. The number of rotatable bonds is 4. The molecule has 2 aliphatic heterocycles. The highest BCUT2D eigenvalue weighted by Crippen LogP contribution is 2.45. The van der Waals surface area contributed by atoms with Gasteiger partial charge in [0.15, 0.2) is 0 Å². The molecule has 2 amide bonds. The monoisotopic (exact) mass is 520 g/mol. The zero-order valence-electron chi connectivity index (χ0n) is 19.3. The third-order valence-electron chi connectivity index (χ3n) is 6.86. The molecule has 1 aromatic carbocycles. The van der Waals surface area contributed by atoms with Crippen molar-refractivity contribution >= 4 is 23.6 Å². The second-order valence-electron chi connectivity index (χ2n) is 9.22. The van der Waals surface area contributed by atoms with Crippen LogP contribution in [-0.4, -0.2) is 44.3 Å². The number of thioether (sulfide) groups is 1. The number of aromatic nitrogens is 3. The molecule has 5 rings (SSSR count). The van der Waals surface area contributed by atoms with Gasteiger partial charge in [0.2, 0.25) is 0 Å². The number of halogens is 4. The van der Waals surface area contributed by atoms with Crippen LogP contribution in [0, 0.1) is 5.82 Å². The first kappa shape index (κ1) is 24.4. The molecule has 3 N–H and O–H groups in total. The van der Waals surface area contributed by atoms with Crippen LogP contribution in [0.3, 0.4) is 0 Å². The van der Waals surface area contributed by atoms with Crippen LogP contribution >= 0.6 is 11.8 Å². The highest BCUT2D eigenvalue weighted by Gasteiger charge is 2.47. The van der Waals surface area contributed by atoms with E-state index in [4.69, 9.17) is 5.73 Å². The summed E-state index contributed by atoms with van der Waals surface area (Å²) in [5.41, 5.74) is 3.48. The van der Waals surface area contributed by atoms with Gasteiger partial charge in [0.05, 0.1) is 16.6 Å². The molecule has 1 fully saturated rings. The van der Waals surface area contributed by atoms with Gasteiger partial charge in [-0.25, -0.2) is 14.2 Å². The number of nitrogens with two attached hydrogens (primary N) is 1. The SMILES string of the molecule is CC(NC(=O)N1CCC2(CCn3nc(-c4cnc(N)c(SC(F)(F)F)c4)cc32)C1)c1cccc(F)c1. The Morgan fingerprint density at radius 2 is 2.00 bits per heavy atom. The predicted molar refractivity (Wildman–Crippen MR) is 128 cm³/mol. The Morgan fingerprint density at radius 1 is 1.22 bits per heavy atom. The highest BCUT2D eigenvalue weighted by molar-refractivity contribution is 8.00. The molecule has 36 heavy (non-hydrogen) atoms. The summed E-state index contributed by atoms with van der Waals surface area (Å²) in [6.07, 6.45) is 2.98. The first-order valence-electron chi connectivity index (χ1n) is 11.4. The Bertz CT molecular complexity index is 1310. The molecule has 7 nitrogen and oxygen atoms in total. The number of nitrogen functional groups attached to an aromatic ring is 1. The first-order chi connectivity index (χ1) is 17.0. The Hall–Kier alpha value is -3.28. The number of carbonyl (C=O) groups excluding carboxylic acids is 1. The van der Waals surface area contributed by atoms with Crippen LogP contribution in [-0.2, 0) is 12.0 Å². The number of hydrogen-bond acceptors (Lipinski definition) is 5. The summed E-state index contributed by atoms with van der Waals surface area (Å²) in [5.74, 6) is -0.543. The molecule has 190 valence electrons. The molecule has 0 saturated carbocycles. The number of nitrogens with one attached hydrogen (secondary N) is 1. The Labute approximate surface area is 209 Å². The molecular formula is C24H24F4N6OS. The number of urea groups is 1. The Balaban J connectivity index is 1.32. The summed E-state index contributed by atoms with van der Waals surface area (Å²) >= 11 is -0.301. The number of pyridine rings is 1. The van der Waals surface area contributed by atoms with E-state index in [1.165, 1.54) is 24.4 Å². The zero-order chi connectivity index (χ0) is 25.7. The summed E-state index contributed by atoms with van der Waals surface area (Å²) in [4.78, 5) is 18.5.